The summed E-state index contributed by atoms with van der Waals surface area (Å²) >= 11 is 0. The Labute approximate surface area is 81.3 Å². The van der Waals surface area contributed by atoms with Crippen LogP contribution in [0.3, 0.4) is 0 Å². The van der Waals surface area contributed by atoms with E-state index in [2.05, 4.69) is 50.9 Å². The van der Waals surface area contributed by atoms with Gasteiger partial charge < -0.3 is 10.2 Å². The Morgan fingerprint density at radius 2 is 2.08 bits per heavy atom. The monoisotopic (exact) mass is 180 g/mol. The van der Waals surface area contributed by atoms with Crippen molar-refractivity contribution in [2.75, 3.05) is 6.67 Å². The molecule has 1 rings (SSSR count). The van der Waals surface area contributed by atoms with Gasteiger partial charge in [-0.1, -0.05) is 5.57 Å². The quantitative estimate of drug-likeness (QED) is 0.667. The van der Waals surface area contributed by atoms with Crippen LogP contribution in [0.1, 0.15) is 34.6 Å². The molecule has 0 aromatic rings. The van der Waals surface area contributed by atoms with Crippen molar-refractivity contribution in [1.29, 1.82) is 0 Å². The van der Waals surface area contributed by atoms with Gasteiger partial charge in [0, 0.05) is 17.4 Å². The smallest absolute Gasteiger partial charge is 0.0876 e. The summed E-state index contributed by atoms with van der Waals surface area (Å²) in [4.78, 5) is 2.38. The average Bonchev–Trinajstić information content (AvgIpc) is 2.03. The molecule has 0 aliphatic carbocycles. The Kier molecular flexibility index (Phi) is 3.02. The summed E-state index contributed by atoms with van der Waals surface area (Å²) < 4.78 is 0. The van der Waals surface area contributed by atoms with Gasteiger partial charge in [0.15, 0.2) is 0 Å². The minimum Gasteiger partial charge on any atom is -0.371 e. The zero-order chi connectivity index (χ0) is 10.0. The van der Waals surface area contributed by atoms with Crippen LogP contribution in [0.15, 0.2) is 23.0 Å². The maximum Gasteiger partial charge on any atom is 0.0876 e. The molecule has 1 N–H and O–H groups in total. The van der Waals surface area contributed by atoms with Crippen molar-refractivity contribution < 1.29 is 0 Å². The predicted molar refractivity (Wildman–Crippen MR) is 57.1 cm³/mol. The van der Waals surface area contributed by atoms with Crippen LogP contribution in [-0.2, 0) is 0 Å². The van der Waals surface area contributed by atoms with Crippen molar-refractivity contribution in [3.8, 4) is 0 Å². The second-order valence-corrected chi connectivity index (χ2v) is 4.11. The fourth-order valence-electron chi connectivity index (χ4n) is 1.53. The van der Waals surface area contributed by atoms with E-state index >= 15 is 0 Å². The molecule has 0 atom stereocenters. The molecule has 0 spiro atoms. The summed E-state index contributed by atoms with van der Waals surface area (Å²) in [6.07, 6.45) is 2.22. The van der Waals surface area contributed by atoms with Gasteiger partial charge in [-0.2, -0.15) is 0 Å². The molecule has 0 saturated heterocycles. The summed E-state index contributed by atoms with van der Waals surface area (Å²) in [5, 5.41) is 3.35. The lowest BCUT2D eigenvalue weighted by Gasteiger charge is -2.35. The molecular formula is C11H20N2. The Morgan fingerprint density at radius 3 is 2.54 bits per heavy atom. The number of nitrogens with zero attached hydrogens (tertiary/aromatic N) is 1. The van der Waals surface area contributed by atoms with E-state index in [4.69, 9.17) is 0 Å². The lowest BCUT2D eigenvalue weighted by molar-refractivity contribution is 0.267. The first kappa shape index (κ1) is 10.2. The molecule has 0 aromatic heterocycles. The number of hydrogen-bond acceptors (Lipinski definition) is 2. The lowest BCUT2D eigenvalue weighted by atomic mass is 10.1. The van der Waals surface area contributed by atoms with E-state index in [1.54, 1.807) is 0 Å². The van der Waals surface area contributed by atoms with E-state index in [0.717, 1.165) is 6.67 Å². The Bertz CT molecular complexity index is 245. The molecule has 0 saturated carbocycles. The summed E-state index contributed by atoms with van der Waals surface area (Å²) in [5.74, 6) is 0. The molecule has 0 amide bonds. The van der Waals surface area contributed by atoms with E-state index in [1.165, 1.54) is 17.0 Å². The molecule has 1 aliphatic rings. The van der Waals surface area contributed by atoms with Crippen molar-refractivity contribution in [2.45, 2.75) is 40.7 Å². The maximum absolute atomic E-state index is 3.35. The number of hydrogen-bond donors (Lipinski definition) is 1. The summed E-state index contributed by atoms with van der Waals surface area (Å²) in [5.41, 5.74) is 4.01. The van der Waals surface area contributed by atoms with Gasteiger partial charge in [0.25, 0.3) is 0 Å². The van der Waals surface area contributed by atoms with Crippen LogP contribution in [0.5, 0.6) is 0 Å². The molecular weight excluding hydrogens is 160 g/mol. The zero-order valence-corrected chi connectivity index (χ0v) is 9.31. The predicted octanol–water partition coefficient (Wildman–Crippen LogP) is 2.46. The first-order valence-electron chi connectivity index (χ1n) is 4.88. The van der Waals surface area contributed by atoms with Crippen molar-refractivity contribution in [3.63, 3.8) is 0 Å². The van der Waals surface area contributed by atoms with Crippen LogP contribution in [0.2, 0.25) is 0 Å². The van der Waals surface area contributed by atoms with Gasteiger partial charge in [-0.05, 0) is 40.7 Å². The topological polar surface area (TPSA) is 15.3 Å². The highest BCUT2D eigenvalue weighted by Gasteiger charge is 2.16. The molecule has 1 aliphatic heterocycles. The molecule has 2 heteroatoms. The van der Waals surface area contributed by atoms with Gasteiger partial charge in [0.2, 0.25) is 0 Å². The van der Waals surface area contributed by atoms with Crippen molar-refractivity contribution in [1.82, 2.24) is 10.2 Å². The molecule has 74 valence electrons. The summed E-state index contributed by atoms with van der Waals surface area (Å²) in [6, 6.07) is 0.557. The molecule has 13 heavy (non-hydrogen) atoms. The van der Waals surface area contributed by atoms with Crippen LogP contribution < -0.4 is 5.32 Å². The van der Waals surface area contributed by atoms with E-state index < -0.39 is 0 Å². The Hall–Kier alpha value is -0.920. The summed E-state index contributed by atoms with van der Waals surface area (Å²) in [6.45, 7) is 11.8. The highest BCUT2D eigenvalue weighted by atomic mass is 15.3. The van der Waals surface area contributed by atoms with Gasteiger partial charge in [-0.3, -0.25) is 0 Å². The van der Waals surface area contributed by atoms with Crippen LogP contribution in [0.4, 0.5) is 0 Å². The van der Waals surface area contributed by atoms with Gasteiger partial charge in [-0.25, -0.2) is 0 Å². The van der Waals surface area contributed by atoms with Crippen molar-refractivity contribution in [2.24, 2.45) is 0 Å². The second kappa shape index (κ2) is 3.86. The van der Waals surface area contributed by atoms with Crippen LogP contribution in [0, 0.1) is 0 Å². The lowest BCUT2D eigenvalue weighted by Crippen LogP contribution is -2.40. The van der Waals surface area contributed by atoms with E-state index in [9.17, 15) is 0 Å². The number of nitrogens with one attached hydrogen (secondary N) is 1. The Balaban J connectivity index is 2.96. The number of rotatable bonds is 1. The molecule has 1 heterocycles. The normalized spacial score (nSPS) is 17.2. The largest absolute Gasteiger partial charge is 0.371 e. The highest BCUT2D eigenvalue weighted by Crippen LogP contribution is 2.19. The fraction of sp³-hybridized carbons (Fsp3) is 0.636. The Morgan fingerprint density at radius 1 is 1.46 bits per heavy atom. The van der Waals surface area contributed by atoms with Gasteiger partial charge in [-0.15, -0.1) is 0 Å². The first-order chi connectivity index (χ1) is 6.02. The van der Waals surface area contributed by atoms with Crippen LogP contribution >= 0.6 is 0 Å². The van der Waals surface area contributed by atoms with Crippen molar-refractivity contribution in [3.05, 3.63) is 23.0 Å². The summed E-state index contributed by atoms with van der Waals surface area (Å²) in [7, 11) is 0. The van der Waals surface area contributed by atoms with Gasteiger partial charge in [0.1, 0.15) is 0 Å². The number of allylic oxidation sites excluding steroid dienone is 3. The molecule has 0 aromatic carbocycles. The molecule has 0 fully saturated rings. The minimum atomic E-state index is 0.557. The van der Waals surface area contributed by atoms with E-state index in [-0.39, 0.29) is 0 Å². The average molecular weight is 180 g/mol. The molecule has 2 nitrogen and oxygen atoms in total. The van der Waals surface area contributed by atoms with Gasteiger partial charge >= 0.3 is 0 Å². The van der Waals surface area contributed by atoms with Crippen LogP contribution in [-0.4, -0.2) is 17.6 Å². The zero-order valence-electron chi connectivity index (χ0n) is 9.31. The van der Waals surface area contributed by atoms with Crippen LogP contribution in [0.25, 0.3) is 0 Å². The minimum absolute atomic E-state index is 0.557. The van der Waals surface area contributed by atoms with E-state index in [1.807, 2.05) is 0 Å². The van der Waals surface area contributed by atoms with E-state index in [0.29, 0.717) is 6.04 Å². The second-order valence-electron chi connectivity index (χ2n) is 4.11. The standard InChI is InChI=1S/C11H20N2/c1-8(2)11-6-10(5)12-7-13(11)9(3)4/h6,9,12H,7H2,1-5H3. The maximum atomic E-state index is 3.35. The van der Waals surface area contributed by atoms with Gasteiger partial charge in [0.05, 0.1) is 6.67 Å². The fourth-order valence-corrected chi connectivity index (χ4v) is 1.53. The third-order valence-electron chi connectivity index (χ3n) is 2.33. The molecule has 0 unspecified atom stereocenters. The molecule has 0 radical (unpaired) electrons. The third-order valence-corrected chi connectivity index (χ3v) is 2.33. The first-order valence-corrected chi connectivity index (χ1v) is 4.88. The molecule has 0 bridgehead atoms. The SMILES string of the molecule is CC1=CC(=C(C)C)N(C(C)C)CN1. The van der Waals surface area contributed by atoms with Crippen molar-refractivity contribution >= 4 is 0 Å². The highest BCUT2D eigenvalue weighted by molar-refractivity contribution is 5.28. The third kappa shape index (κ3) is 2.27.